The first kappa shape index (κ1) is 18.9. The fraction of sp³-hybridized carbons (Fsp3) is 0.500. The van der Waals surface area contributed by atoms with E-state index < -0.39 is 5.97 Å². The lowest BCUT2D eigenvalue weighted by Crippen LogP contribution is -2.35. The number of fused-ring (bicyclic) bond motifs is 2. The van der Waals surface area contributed by atoms with Crippen molar-refractivity contribution in [1.82, 2.24) is 10.3 Å². The molecular weight excluding hydrogens is 356 g/mol. The van der Waals surface area contributed by atoms with Crippen LogP contribution in [0.25, 0.3) is 10.9 Å². The van der Waals surface area contributed by atoms with E-state index in [0.717, 1.165) is 72.9 Å². The SMILES string of the molecule is Cc1ccc2nc3c(c(C(=O)OCC(=O)NC[C@H]4CCCO4)c2c1)CCCC3. The number of rotatable bonds is 5. The number of benzene rings is 1. The molecule has 0 saturated carbocycles. The maximum Gasteiger partial charge on any atom is 0.339 e. The highest BCUT2D eigenvalue weighted by Gasteiger charge is 2.24. The van der Waals surface area contributed by atoms with Crippen LogP contribution in [0.5, 0.6) is 0 Å². The van der Waals surface area contributed by atoms with Crippen molar-refractivity contribution in [2.75, 3.05) is 19.8 Å². The molecule has 6 nitrogen and oxygen atoms in total. The first-order valence-corrected chi connectivity index (χ1v) is 10.1. The number of amides is 1. The second-order valence-corrected chi connectivity index (χ2v) is 7.65. The zero-order valence-electron chi connectivity index (χ0n) is 16.3. The van der Waals surface area contributed by atoms with Gasteiger partial charge in [-0.25, -0.2) is 4.79 Å². The van der Waals surface area contributed by atoms with Gasteiger partial charge in [0, 0.05) is 24.2 Å². The minimum absolute atomic E-state index is 0.0683. The number of carbonyl (C=O) groups excluding carboxylic acids is 2. The fourth-order valence-electron chi connectivity index (χ4n) is 4.06. The lowest BCUT2D eigenvalue weighted by Gasteiger charge is -2.20. The fourth-order valence-corrected chi connectivity index (χ4v) is 4.06. The number of hydrogen-bond donors (Lipinski definition) is 1. The van der Waals surface area contributed by atoms with E-state index in [0.29, 0.717) is 12.1 Å². The Hall–Kier alpha value is -2.47. The third-order valence-electron chi connectivity index (χ3n) is 5.51. The largest absolute Gasteiger partial charge is 0.452 e. The predicted octanol–water partition coefficient (Wildman–Crippen LogP) is 2.87. The molecule has 1 aromatic heterocycles. The summed E-state index contributed by atoms with van der Waals surface area (Å²) in [5.74, 6) is -0.740. The second kappa shape index (κ2) is 8.27. The summed E-state index contributed by atoms with van der Waals surface area (Å²) in [6.07, 6.45) is 5.86. The number of hydrogen-bond acceptors (Lipinski definition) is 5. The zero-order chi connectivity index (χ0) is 19.5. The van der Waals surface area contributed by atoms with Crippen LogP contribution < -0.4 is 5.32 Å². The Morgan fingerprint density at radius 3 is 2.93 bits per heavy atom. The summed E-state index contributed by atoms with van der Waals surface area (Å²) in [6, 6.07) is 5.92. The van der Waals surface area contributed by atoms with Crippen LogP contribution in [-0.2, 0) is 27.1 Å². The number of pyridine rings is 1. The van der Waals surface area contributed by atoms with Gasteiger partial charge in [-0.05, 0) is 63.1 Å². The van der Waals surface area contributed by atoms with Crippen molar-refractivity contribution in [3.8, 4) is 0 Å². The smallest absolute Gasteiger partial charge is 0.339 e. The van der Waals surface area contributed by atoms with Crippen LogP contribution in [0.4, 0.5) is 0 Å². The van der Waals surface area contributed by atoms with Crippen molar-refractivity contribution in [1.29, 1.82) is 0 Å². The van der Waals surface area contributed by atoms with Gasteiger partial charge in [-0.1, -0.05) is 11.6 Å². The average Bonchev–Trinajstić information content (AvgIpc) is 3.22. The van der Waals surface area contributed by atoms with Gasteiger partial charge in [-0.2, -0.15) is 0 Å². The summed E-state index contributed by atoms with van der Waals surface area (Å²) < 4.78 is 10.9. The molecule has 1 amide bonds. The van der Waals surface area contributed by atoms with Crippen molar-refractivity contribution >= 4 is 22.8 Å². The van der Waals surface area contributed by atoms with E-state index in [1.165, 1.54) is 0 Å². The maximum atomic E-state index is 13.0. The Balaban J connectivity index is 1.51. The van der Waals surface area contributed by atoms with Gasteiger partial charge >= 0.3 is 5.97 Å². The number of nitrogens with zero attached hydrogens (tertiary/aromatic N) is 1. The van der Waals surface area contributed by atoms with E-state index in [4.69, 9.17) is 14.5 Å². The van der Waals surface area contributed by atoms with Crippen molar-refractivity contribution < 1.29 is 19.1 Å². The summed E-state index contributed by atoms with van der Waals surface area (Å²) in [5.41, 5.74) is 4.41. The summed E-state index contributed by atoms with van der Waals surface area (Å²) in [5, 5.41) is 3.60. The number of aromatic nitrogens is 1. The van der Waals surface area contributed by atoms with Gasteiger partial charge in [0.1, 0.15) is 0 Å². The highest BCUT2D eigenvalue weighted by molar-refractivity contribution is 6.05. The first-order chi connectivity index (χ1) is 13.6. The lowest BCUT2D eigenvalue weighted by atomic mass is 9.89. The van der Waals surface area contributed by atoms with E-state index in [1.54, 1.807) is 0 Å². The summed E-state index contributed by atoms with van der Waals surface area (Å²) in [6.45, 7) is 2.92. The monoisotopic (exact) mass is 382 g/mol. The molecule has 1 aromatic carbocycles. The van der Waals surface area contributed by atoms with E-state index in [-0.39, 0.29) is 18.6 Å². The molecule has 2 aliphatic rings. The van der Waals surface area contributed by atoms with Gasteiger partial charge in [0.2, 0.25) is 0 Å². The van der Waals surface area contributed by atoms with Gasteiger partial charge in [0.05, 0.1) is 17.2 Å². The van der Waals surface area contributed by atoms with E-state index >= 15 is 0 Å². The molecule has 2 heterocycles. The Labute approximate surface area is 164 Å². The molecule has 1 fully saturated rings. The number of carbonyl (C=O) groups is 2. The summed E-state index contributed by atoms with van der Waals surface area (Å²) in [4.78, 5) is 29.8. The van der Waals surface area contributed by atoms with Crippen LogP contribution in [0.2, 0.25) is 0 Å². The van der Waals surface area contributed by atoms with Crippen molar-refractivity contribution in [3.63, 3.8) is 0 Å². The van der Waals surface area contributed by atoms with Crippen molar-refractivity contribution in [2.24, 2.45) is 0 Å². The zero-order valence-corrected chi connectivity index (χ0v) is 16.3. The first-order valence-electron chi connectivity index (χ1n) is 10.1. The van der Waals surface area contributed by atoms with Crippen LogP contribution in [0, 0.1) is 6.92 Å². The molecule has 1 aliphatic heterocycles. The van der Waals surface area contributed by atoms with Crippen LogP contribution in [0.1, 0.15) is 52.9 Å². The number of ether oxygens (including phenoxy) is 2. The third-order valence-corrected chi connectivity index (χ3v) is 5.51. The molecule has 1 N–H and O–H groups in total. The van der Waals surface area contributed by atoms with Crippen molar-refractivity contribution in [3.05, 3.63) is 40.6 Å². The lowest BCUT2D eigenvalue weighted by molar-refractivity contribution is -0.124. The van der Waals surface area contributed by atoms with Crippen LogP contribution in [0.3, 0.4) is 0 Å². The highest BCUT2D eigenvalue weighted by Crippen LogP contribution is 2.30. The minimum Gasteiger partial charge on any atom is -0.452 e. The summed E-state index contributed by atoms with van der Waals surface area (Å²) >= 11 is 0. The van der Waals surface area contributed by atoms with Crippen LogP contribution in [-0.4, -0.2) is 42.7 Å². The number of aryl methyl sites for hydroxylation is 2. The molecule has 1 aliphatic carbocycles. The molecule has 0 unspecified atom stereocenters. The molecule has 0 bridgehead atoms. The Morgan fingerprint density at radius 2 is 2.11 bits per heavy atom. The molecule has 6 heteroatoms. The molecular formula is C22H26N2O4. The molecule has 148 valence electrons. The van der Waals surface area contributed by atoms with E-state index in [9.17, 15) is 9.59 Å². The topological polar surface area (TPSA) is 77.5 Å². The van der Waals surface area contributed by atoms with Gasteiger partial charge < -0.3 is 14.8 Å². The van der Waals surface area contributed by atoms with E-state index in [2.05, 4.69) is 5.32 Å². The third kappa shape index (κ3) is 4.02. The van der Waals surface area contributed by atoms with Crippen LogP contribution in [0.15, 0.2) is 18.2 Å². The molecule has 28 heavy (non-hydrogen) atoms. The standard InChI is InChI=1S/C22H26N2O4/c1-14-8-9-19-17(11-14)21(16-6-2-3-7-18(16)24-19)22(26)28-13-20(25)23-12-15-5-4-10-27-15/h8-9,11,15H,2-7,10,12-13H2,1H3,(H,23,25)/t15-/m1/s1. The number of nitrogens with one attached hydrogen (secondary N) is 1. The molecule has 4 rings (SSSR count). The normalized spacial score (nSPS) is 18.7. The Bertz CT molecular complexity index is 903. The van der Waals surface area contributed by atoms with Gasteiger partial charge in [-0.3, -0.25) is 9.78 Å². The van der Waals surface area contributed by atoms with Gasteiger partial charge in [0.15, 0.2) is 6.61 Å². The number of esters is 1. The van der Waals surface area contributed by atoms with Crippen molar-refractivity contribution in [2.45, 2.75) is 51.6 Å². The van der Waals surface area contributed by atoms with E-state index in [1.807, 2.05) is 25.1 Å². The highest BCUT2D eigenvalue weighted by atomic mass is 16.5. The quantitative estimate of drug-likeness (QED) is 0.805. The molecule has 2 aromatic rings. The Kier molecular flexibility index (Phi) is 5.57. The maximum absolute atomic E-state index is 13.0. The second-order valence-electron chi connectivity index (χ2n) is 7.65. The predicted molar refractivity (Wildman–Crippen MR) is 105 cm³/mol. The Morgan fingerprint density at radius 1 is 1.25 bits per heavy atom. The molecule has 0 spiro atoms. The van der Waals surface area contributed by atoms with Gasteiger partial charge in [-0.15, -0.1) is 0 Å². The summed E-state index contributed by atoms with van der Waals surface area (Å²) in [7, 11) is 0. The van der Waals surface area contributed by atoms with Crippen LogP contribution >= 0.6 is 0 Å². The van der Waals surface area contributed by atoms with Gasteiger partial charge in [0.25, 0.3) is 5.91 Å². The average molecular weight is 382 g/mol. The molecule has 0 radical (unpaired) electrons. The minimum atomic E-state index is -0.441. The molecule has 1 saturated heterocycles. The molecule has 1 atom stereocenters.